The molecule has 6 heteroatoms. The number of Topliss-reactive ketones (excluding diaryl/α,β-unsaturated/α-hetero) is 1. The summed E-state index contributed by atoms with van der Waals surface area (Å²) in [5.74, 6) is -3.06. The number of amides is 1. The van der Waals surface area contributed by atoms with Crippen molar-refractivity contribution in [2.24, 2.45) is 5.92 Å². The minimum atomic E-state index is -1.05. The van der Waals surface area contributed by atoms with E-state index in [0.717, 1.165) is 38.5 Å². The van der Waals surface area contributed by atoms with Crippen LogP contribution in [0.2, 0.25) is 0 Å². The van der Waals surface area contributed by atoms with Crippen LogP contribution in [0.25, 0.3) is 0 Å². The van der Waals surface area contributed by atoms with E-state index in [4.69, 9.17) is 4.74 Å². The van der Waals surface area contributed by atoms with Crippen molar-refractivity contribution < 1.29 is 23.9 Å². The highest BCUT2D eigenvalue weighted by Crippen LogP contribution is 2.14. The minimum Gasteiger partial charge on any atom is -0.393 e. The standard InChI is InChI=1S/C26H41NO5/c1-3-4-5-6-7-8-9-10-11-12-13-14-15-16-17-18-24(29)32-26(31)21(2)25(30)22-19-20-23(28)27-22/h7-8,10-11,21-22H,3-6,9,12-20H2,1-2H3,(H,27,28)/b8-7-,11-10-/t21?,22-/m0/s1. The van der Waals surface area contributed by atoms with Crippen molar-refractivity contribution in [1.29, 1.82) is 0 Å². The lowest BCUT2D eigenvalue weighted by Crippen LogP contribution is -2.39. The van der Waals surface area contributed by atoms with Gasteiger partial charge in [0.1, 0.15) is 5.92 Å². The minimum absolute atomic E-state index is 0.178. The highest BCUT2D eigenvalue weighted by molar-refractivity contribution is 6.05. The zero-order chi connectivity index (χ0) is 23.6. The molecular formula is C26H41NO5. The molecule has 0 bridgehead atoms. The summed E-state index contributed by atoms with van der Waals surface area (Å²) in [6, 6.07) is -0.651. The summed E-state index contributed by atoms with van der Waals surface area (Å²) in [5, 5.41) is 2.54. The van der Waals surface area contributed by atoms with Gasteiger partial charge in [-0.25, -0.2) is 0 Å². The fourth-order valence-electron chi connectivity index (χ4n) is 3.58. The van der Waals surface area contributed by atoms with Gasteiger partial charge in [-0.1, -0.05) is 63.3 Å². The van der Waals surface area contributed by atoms with Gasteiger partial charge >= 0.3 is 11.9 Å². The molecule has 1 unspecified atom stereocenters. The summed E-state index contributed by atoms with van der Waals surface area (Å²) < 4.78 is 4.81. The average Bonchev–Trinajstić information content (AvgIpc) is 3.21. The molecule has 1 aliphatic rings. The molecule has 1 saturated heterocycles. The van der Waals surface area contributed by atoms with Crippen molar-refractivity contribution in [2.75, 3.05) is 0 Å². The third-order valence-corrected chi connectivity index (χ3v) is 5.67. The number of carbonyl (C=O) groups excluding carboxylic acids is 4. The van der Waals surface area contributed by atoms with Crippen LogP contribution in [0, 0.1) is 5.92 Å². The summed E-state index contributed by atoms with van der Waals surface area (Å²) >= 11 is 0. The van der Waals surface area contributed by atoms with Crippen LogP contribution in [0.1, 0.15) is 104 Å². The van der Waals surface area contributed by atoms with Crippen LogP contribution in [-0.2, 0) is 23.9 Å². The van der Waals surface area contributed by atoms with E-state index >= 15 is 0 Å². The number of allylic oxidation sites excluding steroid dienone is 4. The van der Waals surface area contributed by atoms with Gasteiger partial charge in [0.05, 0.1) is 6.04 Å². The van der Waals surface area contributed by atoms with Crippen LogP contribution in [-0.4, -0.2) is 29.7 Å². The SMILES string of the molecule is CCCCC/C=C\C/C=C\CCCCCCCC(=O)OC(=O)C(C)C(=O)[C@@H]1CCC(=O)N1. The van der Waals surface area contributed by atoms with Gasteiger partial charge in [-0.05, 0) is 51.9 Å². The molecule has 1 N–H and O–H groups in total. The summed E-state index contributed by atoms with van der Waals surface area (Å²) in [7, 11) is 0. The van der Waals surface area contributed by atoms with E-state index in [9.17, 15) is 19.2 Å². The summed E-state index contributed by atoms with van der Waals surface area (Å²) in [6.07, 6.45) is 21.8. The van der Waals surface area contributed by atoms with Gasteiger partial charge in [0.25, 0.3) is 0 Å². The fraction of sp³-hybridized carbons (Fsp3) is 0.692. The van der Waals surface area contributed by atoms with E-state index in [-0.39, 0.29) is 18.7 Å². The largest absolute Gasteiger partial charge is 0.393 e. The van der Waals surface area contributed by atoms with Crippen LogP contribution in [0.15, 0.2) is 24.3 Å². The van der Waals surface area contributed by atoms with Crippen molar-refractivity contribution >= 4 is 23.6 Å². The van der Waals surface area contributed by atoms with E-state index in [2.05, 4.69) is 36.5 Å². The van der Waals surface area contributed by atoms with Gasteiger partial charge < -0.3 is 10.1 Å². The zero-order valence-electron chi connectivity index (χ0n) is 19.9. The second kappa shape index (κ2) is 17.3. The van der Waals surface area contributed by atoms with Crippen LogP contribution in [0.5, 0.6) is 0 Å². The maximum Gasteiger partial charge on any atom is 0.323 e. The number of nitrogens with one attached hydrogen (secondary N) is 1. The van der Waals surface area contributed by atoms with Gasteiger partial charge in [0.15, 0.2) is 5.78 Å². The number of unbranched alkanes of at least 4 members (excludes halogenated alkanes) is 8. The van der Waals surface area contributed by atoms with E-state index in [1.165, 1.54) is 32.6 Å². The first-order valence-corrected chi connectivity index (χ1v) is 12.3. The van der Waals surface area contributed by atoms with Crippen molar-refractivity contribution in [3.05, 3.63) is 24.3 Å². The molecule has 0 aromatic heterocycles. The first-order valence-electron chi connectivity index (χ1n) is 12.3. The number of hydrogen-bond donors (Lipinski definition) is 1. The Labute approximate surface area is 193 Å². The maximum absolute atomic E-state index is 12.2. The lowest BCUT2D eigenvalue weighted by Gasteiger charge is -2.14. The zero-order valence-corrected chi connectivity index (χ0v) is 19.9. The molecule has 180 valence electrons. The number of hydrogen-bond acceptors (Lipinski definition) is 5. The number of rotatable bonds is 17. The molecule has 1 amide bonds. The molecule has 2 atom stereocenters. The molecule has 0 saturated carbocycles. The molecule has 6 nitrogen and oxygen atoms in total. The van der Waals surface area contributed by atoms with Crippen LogP contribution >= 0.6 is 0 Å². The smallest absolute Gasteiger partial charge is 0.323 e. The molecule has 0 aliphatic carbocycles. The first-order chi connectivity index (χ1) is 15.5. The van der Waals surface area contributed by atoms with E-state index < -0.39 is 29.7 Å². The Morgan fingerprint density at radius 2 is 1.59 bits per heavy atom. The van der Waals surface area contributed by atoms with Crippen molar-refractivity contribution in [3.63, 3.8) is 0 Å². The van der Waals surface area contributed by atoms with Crippen molar-refractivity contribution in [2.45, 2.75) is 110 Å². The Kier molecular flexibility index (Phi) is 15.1. The third kappa shape index (κ3) is 12.6. The lowest BCUT2D eigenvalue weighted by atomic mass is 9.99. The van der Waals surface area contributed by atoms with Gasteiger partial charge in [-0.3, -0.25) is 19.2 Å². The Bertz CT molecular complexity index is 653. The summed E-state index contributed by atoms with van der Waals surface area (Å²) in [5.41, 5.74) is 0. The predicted molar refractivity (Wildman–Crippen MR) is 126 cm³/mol. The second-order valence-corrected chi connectivity index (χ2v) is 8.56. The second-order valence-electron chi connectivity index (χ2n) is 8.56. The number of ether oxygens (including phenoxy) is 1. The van der Waals surface area contributed by atoms with Gasteiger partial charge in [-0.2, -0.15) is 0 Å². The number of ketones is 1. The molecule has 1 heterocycles. The number of carbonyl (C=O) groups is 4. The quantitative estimate of drug-likeness (QED) is 0.140. The highest BCUT2D eigenvalue weighted by atomic mass is 16.6. The Morgan fingerprint density at radius 1 is 0.969 bits per heavy atom. The van der Waals surface area contributed by atoms with Crippen molar-refractivity contribution in [3.8, 4) is 0 Å². The average molecular weight is 448 g/mol. The predicted octanol–water partition coefficient (Wildman–Crippen LogP) is 5.35. The van der Waals surface area contributed by atoms with Crippen molar-refractivity contribution in [1.82, 2.24) is 5.32 Å². The molecule has 1 fully saturated rings. The third-order valence-electron chi connectivity index (χ3n) is 5.67. The van der Waals surface area contributed by atoms with Crippen LogP contribution in [0.3, 0.4) is 0 Å². The maximum atomic E-state index is 12.2. The van der Waals surface area contributed by atoms with E-state index in [1.807, 2.05) is 0 Å². The molecular weight excluding hydrogens is 406 g/mol. The molecule has 0 radical (unpaired) electrons. The first kappa shape index (κ1) is 27.8. The normalized spacial score (nSPS) is 17.1. The molecule has 0 aromatic carbocycles. The Hall–Kier alpha value is -2.24. The van der Waals surface area contributed by atoms with Crippen LogP contribution in [0.4, 0.5) is 0 Å². The molecule has 0 spiro atoms. The monoisotopic (exact) mass is 447 g/mol. The van der Waals surface area contributed by atoms with Gasteiger partial charge in [-0.15, -0.1) is 0 Å². The lowest BCUT2D eigenvalue weighted by molar-refractivity contribution is -0.163. The Balaban J connectivity index is 2.01. The highest BCUT2D eigenvalue weighted by Gasteiger charge is 2.34. The molecule has 0 aromatic rings. The topological polar surface area (TPSA) is 89.5 Å². The number of esters is 2. The molecule has 1 aliphatic heterocycles. The summed E-state index contributed by atoms with van der Waals surface area (Å²) in [6.45, 7) is 3.64. The van der Waals surface area contributed by atoms with E-state index in [1.54, 1.807) is 0 Å². The fourth-order valence-corrected chi connectivity index (χ4v) is 3.58. The van der Waals surface area contributed by atoms with Gasteiger partial charge in [0.2, 0.25) is 5.91 Å². The summed E-state index contributed by atoms with van der Waals surface area (Å²) in [4.78, 5) is 47.3. The van der Waals surface area contributed by atoms with Gasteiger partial charge in [0, 0.05) is 12.8 Å². The molecule has 1 rings (SSSR count). The molecule has 32 heavy (non-hydrogen) atoms. The Morgan fingerprint density at radius 3 is 2.22 bits per heavy atom. The van der Waals surface area contributed by atoms with Crippen LogP contribution < -0.4 is 5.32 Å². The van der Waals surface area contributed by atoms with E-state index in [0.29, 0.717) is 12.8 Å².